The molecule has 21 heavy (non-hydrogen) atoms. The van der Waals surface area contributed by atoms with E-state index in [9.17, 15) is 9.59 Å². The Labute approximate surface area is 126 Å². The fourth-order valence-electron chi connectivity index (χ4n) is 2.12. The number of nitrogens with one attached hydrogen (secondary N) is 1. The zero-order valence-corrected chi connectivity index (χ0v) is 12.9. The molecule has 116 valence electrons. The first-order valence-electron chi connectivity index (χ1n) is 7.22. The minimum Gasteiger partial charge on any atom is -0.481 e. The van der Waals surface area contributed by atoms with Gasteiger partial charge in [0.1, 0.15) is 0 Å². The lowest BCUT2D eigenvalue weighted by Gasteiger charge is -2.27. The summed E-state index contributed by atoms with van der Waals surface area (Å²) in [6.07, 6.45) is 1.57. The number of amides is 2. The highest BCUT2D eigenvalue weighted by Crippen LogP contribution is 2.12. The Bertz CT molecular complexity index is 471. The van der Waals surface area contributed by atoms with Crippen LogP contribution in [0.4, 0.5) is 4.79 Å². The monoisotopic (exact) mass is 292 g/mol. The second kappa shape index (κ2) is 8.29. The van der Waals surface area contributed by atoms with Crippen molar-refractivity contribution >= 4 is 12.0 Å². The van der Waals surface area contributed by atoms with Gasteiger partial charge in [-0.25, -0.2) is 4.79 Å². The van der Waals surface area contributed by atoms with Crippen LogP contribution in [-0.2, 0) is 11.2 Å². The molecule has 0 saturated carbocycles. The number of urea groups is 1. The van der Waals surface area contributed by atoms with E-state index in [2.05, 4.69) is 29.6 Å². The maximum Gasteiger partial charge on any atom is 0.317 e. The zero-order valence-electron chi connectivity index (χ0n) is 12.9. The molecule has 1 aromatic rings. The van der Waals surface area contributed by atoms with Crippen LogP contribution < -0.4 is 5.32 Å². The van der Waals surface area contributed by atoms with E-state index in [0.29, 0.717) is 0 Å². The molecule has 0 spiro atoms. The molecule has 1 atom stereocenters. The van der Waals surface area contributed by atoms with E-state index in [1.165, 1.54) is 11.1 Å². The number of rotatable bonds is 7. The molecule has 0 aliphatic rings. The van der Waals surface area contributed by atoms with Crippen LogP contribution in [0.3, 0.4) is 0 Å². The molecule has 2 N–H and O–H groups in total. The van der Waals surface area contributed by atoms with Gasteiger partial charge in [0.05, 0.1) is 6.42 Å². The molecule has 0 aromatic heterocycles. The van der Waals surface area contributed by atoms with E-state index in [4.69, 9.17) is 5.11 Å². The molecule has 5 heteroatoms. The van der Waals surface area contributed by atoms with Crippen molar-refractivity contribution in [3.05, 3.63) is 35.4 Å². The van der Waals surface area contributed by atoms with E-state index in [1.807, 2.05) is 13.8 Å². The first-order chi connectivity index (χ1) is 9.93. The lowest BCUT2D eigenvalue weighted by molar-refractivity contribution is -0.136. The number of hydrogen-bond acceptors (Lipinski definition) is 2. The third kappa shape index (κ3) is 5.85. The maximum atomic E-state index is 12.0. The summed E-state index contributed by atoms with van der Waals surface area (Å²) in [6, 6.07) is 8.15. The van der Waals surface area contributed by atoms with Crippen LogP contribution in [0.1, 0.15) is 30.9 Å². The Balaban J connectivity index is 2.55. The van der Waals surface area contributed by atoms with Gasteiger partial charge in [-0.05, 0) is 25.3 Å². The van der Waals surface area contributed by atoms with Crippen molar-refractivity contribution in [1.82, 2.24) is 10.2 Å². The molecule has 5 nitrogen and oxygen atoms in total. The average Bonchev–Trinajstić information content (AvgIpc) is 2.45. The highest BCUT2D eigenvalue weighted by Gasteiger charge is 2.18. The first-order valence-corrected chi connectivity index (χ1v) is 7.22. The summed E-state index contributed by atoms with van der Waals surface area (Å²) >= 11 is 0. The summed E-state index contributed by atoms with van der Waals surface area (Å²) in [5.74, 6) is -0.912. The van der Waals surface area contributed by atoms with E-state index in [1.54, 1.807) is 11.9 Å². The van der Waals surface area contributed by atoms with E-state index < -0.39 is 5.97 Å². The predicted octanol–water partition coefficient (Wildman–Crippen LogP) is 2.43. The molecule has 1 aromatic carbocycles. The molecule has 1 unspecified atom stereocenters. The van der Waals surface area contributed by atoms with Crippen LogP contribution in [0.25, 0.3) is 0 Å². The first kappa shape index (κ1) is 17.0. The Morgan fingerprint density at radius 1 is 1.29 bits per heavy atom. The molecule has 1 rings (SSSR count). The molecule has 2 amide bonds. The van der Waals surface area contributed by atoms with Crippen molar-refractivity contribution < 1.29 is 14.7 Å². The number of aliphatic carboxylic acids is 1. The number of aryl methyl sites for hydroxylation is 1. The van der Waals surface area contributed by atoms with Crippen LogP contribution in [0.2, 0.25) is 0 Å². The second-order valence-corrected chi connectivity index (χ2v) is 5.24. The SMILES string of the molecule is CCC(Cc1ccc(C)cc1)N(C)C(=O)NCCC(=O)O. The van der Waals surface area contributed by atoms with E-state index in [0.717, 1.165) is 12.8 Å². The highest BCUT2D eigenvalue weighted by molar-refractivity contribution is 5.75. The van der Waals surface area contributed by atoms with Gasteiger partial charge in [0.25, 0.3) is 0 Å². The standard InChI is InChI=1S/C16H24N2O3/c1-4-14(11-13-7-5-12(2)6-8-13)18(3)16(21)17-10-9-15(19)20/h5-8,14H,4,9-11H2,1-3H3,(H,17,21)(H,19,20). The summed E-state index contributed by atoms with van der Waals surface area (Å²) in [5.41, 5.74) is 2.41. The predicted molar refractivity (Wildman–Crippen MR) is 82.4 cm³/mol. The molecule has 0 fully saturated rings. The second-order valence-electron chi connectivity index (χ2n) is 5.24. The Kier molecular flexibility index (Phi) is 6.72. The minimum absolute atomic E-state index is 0.0612. The van der Waals surface area contributed by atoms with Crippen molar-refractivity contribution in [3.63, 3.8) is 0 Å². The molecule has 0 saturated heterocycles. The molecular weight excluding hydrogens is 268 g/mol. The number of likely N-dealkylation sites (N-methyl/N-ethyl adjacent to an activating group) is 1. The van der Waals surface area contributed by atoms with Gasteiger partial charge in [-0.2, -0.15) is 0 Å². The quantitative estimate of drug-likeness (QED) is 0.811. The van der Waals surface area contributed by atoms with Crippen LogP contribution in [0.15, 0.2) is 24.3 Å². The Hall–Kier alpha value is -2.04. The summed E-state index contributed by atoms with van der Waals surface area (Å²) in [6.45, 7) is 4.24. The number of benzene rings is 1. The fraction of sp³-hybridized carbons (Fsp3) is 0.500. The third-order valence-electron chi connectivity index (χ3n) is 3.55. The summed E-state index contributed by atoms with van der Waals surface area (Å²) in [5, 5.41) is 11.2. The molecular formula is C16H24N2O3. The highest BCUT2D eigenvalue weighted by atomic mass is 16.4. The molecule has 0 radical (unpaired) electrons. The average molecular weight is 292 g/mol. The number of carbonyl (C=O) groups excluding carboxylic acids is 1. The molecule has 0 heterocycles. The smallest absolute Gasteiger partial charge is 0.317 e. The van der Waals surface area contributed by atoms with Crippen LogP contribution in [0, 0.1) is 6.92 Å². The van der Waals surface area contributed by atoms with Crippen LogP contribution in [-0.4, -0.2) is 41.6 Å². The van der Waals surface area contributed by atoms with Crippen molar-refractivity contribution in [2.24, 2.45) is 0 Å². The summed E-state index contributed by atoms with van der Waals surface area (Å²) in [4.78, 5) is 24.1. The molecule has 0 aliphatic heterocycles. The zero-order chi connectivity index (χ0) is 15.8. The van der Waals surface area contributed by atoms with Gasteiger partial charge in [-0.3, -0.25) is 4.79 Å². The lowest BCUT2D eigenvalue weighted by Crippen LogP contribution is -2.44. The molecule has 0 bridgehead atoms. The van der Waals surface area contributed by atoms with Crippen molar-refractivity contribution in [2.75, 3.05) is 13.6 Å². The number of hydrogen-bond donors (Lipinski definition) is 2. The van der Waals surface area contributed by atoms with E-state index >= 15 is 0 Å². The van der Waals surface area contributed by atoms with Crippen LogP contribution in [0.5, 0.6) is 0 Å². The van der Waals surface area contributed by atoms with Crippen molar-refractivity contribution in [3.8, 4) is 0 Å². The van der Waals surface area contributed by atoms with Gasteiger partial charge in [-0.15, -0.1) is 0 Å². The number of carbonyl (C=O) groups is 2. The lowest BCUT2D eigenvalue weighted by atomic mass is 10.0. The van der Waals surface area contributed by atoms with Gasteiger partial charge in [-0.1, -0.05) is 36.8 Å². The van der Waals surface area contributed by atoms with Crippen molar-refractivity contribution in [1.29, 1.82) is 0 Å². The third-order valence-corrected chi connectivity index (χ3v) is 3.55. The fourth-order valence-corrected chi connectivity index (χ4v) is 2.12. The summed E-state index contributed by atoms with van der Waals surface area (Å²) in [7, 11) is 1.75. The summed E-state index contributed by atoms with van der Waals surface area (Å²) < 4.78 is 0. The van der Waals surface area contributed by atoms with Gasteiger partial charge >= 0.3 is 12.0 Å². The Morgan fingerprint density at radius 3 is 2.43 bits per heavy atom. The van der Waals surface area contributed by atoms with Gasteiger partial charge in [0.15, 0.2) is 0 Å². The number of carboxylic acid groups (broad SMARTS) is 1. The Morgan fingerprint density at radius 2 is 1.90 bits per heavy atom. The number of nitrogens with zero attached hydrogens (tertiary/aromatic N) is 1. The molecule has 0 aliphatic carbocycles. The maximum absolute atomic E-state index is 12.0. The van der Waals surface area contributed by atoms with E-state index in [-0.39, 0.29) is 25.0 Å². The number of carboxylic acids is 1. The topological polar surface area (TPSA) is 69.6 Å². The van der Waals surface area contributed by atoms with Crippen LogP contribution >= 0.6 is 0 Å². The van der Waals surface area contributed by atoms with Gasteiger partial charge in [0.2, 0.25) is 0 Å². The van der Waals surface area contributed by atoms with Crippen molar-refractivity contribution in [2.45, 2.75) is 39.2 Å². The largest absolute Gasteiger partial charge is 0.481 e. The normalized spacial score (nSPS) is 11.8. The van der Waals surface area contributed by atoms with Gasteiger partial charge in [0, 0.05) is 19.6 Å². The van der Waals surface area contributed by atoms with Gasteiger partial charge < -0.3 is 15.3 Å². The minimum atomic E-state index is -0.912.